The van der Waals surface area contributed by atoms with Gasteiger partial charge in [0, 0.05) is 25.4 Å². The van der Waals surface area contributed by atoms with Crippen LogP contribution < -0.4 is 16.4 Å². The fraction of sp³-hybridized carbons (Fsp3) is 0.111. The Bertz CT molecular complexity index is 886. The number of nitrogens with zero attached hydrogens (tertiary/aromatic N) is 2. The van der Waals surface area contributed by atoms with Crippen molar-refractivity contribution < 1.29 is 9.72 Å². The molecule has 2 aromatic carbocycles. The van der Waals surface area contributed by atoms with Crippen LogP contribution >= 0.6 is 0 Å². The Kier molecular flexibility index (Phi) is 6.42. The normalized spacial score (nSPS) is 10.7. The van der Waals surface area contributed by atoms with E-state index in [1.54, 1.807) is 12.1 Å². The van der Waals surface area contributed by atoms with Crippen molar-refractivity contribution >= 4 is 17.3 Å². The SMILES string of the molecule is N#C/C(=C/NCc1cccc(CN)c1)C(=O)Nc1ccccc1[N+](=O)[O-]. The molecule has 4 N–H and O–H groups in total. The van der Waals surface area contributed by atoms with Crippen LogP contribution in [0.4, 0.5) is 11.4 Å². The first-order valence-corrected chi connectivity index (χ1v) is 7.71. The number of amides is 1. The molecular weight excluding hydrogens is 334 g/mol. The molecule has 8 nitrogen and oxygen atoms in total. The van der Waals surface area contributed by atoms with Gasteiger partial charge in [-0.05, 0) is 17.2 Å². The number of hydrogen-bond donors (Lipinski definition) is 3. The highest BCUT2D eigenvalue weighted by molar-refractivity contribution is 6.07. The number of nitriles is 1. The maximum Gasteiger partial charge on any atom is 0.292 e. The van der Waals surface area contributed by atoms with E-state index in [2.05, 4.69) is 10.6 Å². The fourth-order valence-corrected chi connectivity index (χ4v) is 2.21. The van der Waals surface area contributed by atoms with Crippen molar-refractivity contribution in [3.05, 3.63) is 81.5 Å². The Labute approximate surface area is 150 Å². The number of nitrogens with one attached hydrogen (secondary N) is 2. The lowest BCUT2D eigenvalue weighted by Gasteiger charge is -2.06. The van der Waals surface area contributed by atoms with Crippen molar-refractivity contribution in [2.24, 2.45) is 5.73 Å². The van der Waals surface area contributed by atoms with Crippen LogP contribution in [0.15, 0.2) is 60.3 Å². The third kappa shape index (κ3) is 4.90. The lowest BCUT2D eigenvalue weighted by Crippen LogP contribution is -2.17. The van der Waals surface area contributed by atoms with Crippen LogP contribution in [0.2, 0.25) is 0 Å². The van der Waals surface area contributed by atoms with E-state index >= 15 is 0 Å². The predicted molar refractivity (Wildman–Crippen MR) is 96.6 cm³/mol. The summed E-state index contributed by atoms with van der Waals surface area (Å²) in [6, 6.07) is 15.1. The molecule has 0 heterocycles. The zero-order chi connectivity index (χ0) is 18.9. The number of para-hydroxylation sites is 2. The van der Waals surface area contributed by atoms with Crippen LogP contribution in [-0.4, -0.2) is 10.8 Å². The van der Waals surface area contributed by atoms with Crippen molar-refractivity contribution in [1.82, 2.24) is 5.32 Å². The summed E-state index contributed by atoms with van der Waals surface area (Å²) in [5.41, 5.74) is 7.09. The van der Waals surface area contributed by atoms with E-state index in [1.165, 1.54) is 24.4 Å². The number of rotatable bonds is 7. The van der Waals surface area contributed by atoms with E-state index in [0.717, 1.165) is 11.1 Å². The second kappa shape index (κ2) is 8.96. The Morgan fingerprint density at radius 3 is 2.65 bits per heavy atom. The largest absolute Gasteiger partial charge is 0.386 e. The summed E-state index contributed by atoms with van der Waals surface area (Å²) in [5, 5.41) is 25.4. The average molecular weight is 351 g/mol. The first kappa shape index (κ1) is 18.6. The molecule has 0 atom stereocenters. The lowest BCUT2D eigenvalue weighted by atomic mass is 10.1. The molecule has 0 aliphatic heterocycles. The van der Waals surface area contributed by atoms with Crippen molar-refractivity contribution in [2.45, 2.75) is 13.1 Å². The first-order chi connectivity index (χ1) is 12.5. The Balaban J connectivity index is 2.05. The minimum Gasteiger partial charge on any atom is -0.386 e. The van der Waals surface area contributed by atoms with Gasteiger partial charge in [-0.2, -0.15) is 5.26 Å². The number of nitrogens with two attached hydrogens (primary N) is 1. The first-order valence-electron chi connectivity index (χ1n) is 7.71. The highest BCUT2D eigenvalue weighted by atomic mass is 16.6. The Morgan fingerprint density at radius 1 is 1.23 bits per heavy atom. The van der Waals surface area contributed by atoms with E-state index < -0.39 is 10.8 Å². The molecule has 0 spiro atoms. The van der Waals surface area contributed by atoms with Crippen LogP contribution in [0, 0.1) is 21.4 Å². The standard InChI is InChI=1S/C18H17N5O3/c19-9-13-4-3-5-14(8-13)11-21-12-15(10-20)18(24)22-16-6-1-2-7-17(16)23(25)26/h1-8,12,21H,9,11,19H2,(H,22,24)/b15-12-. The van der Waals surface area contributed by atoms with E-state index in [0.29, 0.717) is 13.1 Å². The van der Waals surface area contributed by atoms with Gasteiger partial charge in [-0.15, -0.1) is 0 Å². The molecule has 1 amide bonds. The molecule has 132 valence electrons. The third-order valence-electron chi connectivity index (χ3n) is 3.49. The number of anilines is 1. The van der Waals surface area contributed by atoms with Crippen LogP contribution in [0.25, 0.3) is 0 Å². The van der Waals surface area contributed by atoms with Crippen LogP contribution in [0.1, 0.15) is 11.1 Å². The van der Waals surface area contributed by atoms with Crippen LogP contribution in [0.5, 0.6) is 0 Å². The van der Waals surface area contributed by atoms with Crippen molar-refractivity contribution in [2.75, 3.05) is 5.32 Å². The quantitative estimate of drug-likeness (QED) is 0.303. The number of carbonyl (C=O) groups is 1. The van der Waals surface area contributed by atoms with E-state index in [4.69, 9.17) is 11.0 Å². The van der Waals surface area contributed by atoms with E-state index in [1.807, 2.05) is 24.3 Å². The molecule has 0 aromatic heterocycles. The summed E-state index contributed by atoms with van der Waals surface area (Å²) in [4.78, 5) is 22.6. The molecule has 2 rings (SSSR count). The zero-order valence-corrected chi connectivity index (χ0v) is 13.8. The van der Waals surface area contributed by atoms with Crippen molar-refractivity contribution in [3.63, 3.8) is 0 Å². The summed E-state index contributed by atoms with van der Waals surface area (Å²) in [6.07, 6.45) is 1.28. The number of carbonyl (C=O) groups excluding carboxylic acids is 1. The van der Waals surface area contributed by atoms with Gasteiger partial charge in [0.2, 0.25) is 0 Å². The average Bonchev–Trinajstić information content (AvgIpc) is 2.65. The summed E-state index contributed by atoms with van der Waals surface area (Å²) >= 11 is 0. The summed E-state index contributed by atoms with van der Waals surface area (Å²) in [7, 11) is 0. The topological polar surface area (TPSA) is 134 Å². The summed E-state index contributed by atoms with van der Waals surface area (Å²) in [6.45, 7) is 0.823. The Hall–Kier alpha value is -3.70. The number of benzene rings is 2. The van der Waals surface area contributed by atoms with Gasteiger partial charge in [0.25, 0.3) is 11.6 Å². The smallest absolute Gasteiger partial charge is 0.292 e. The molecule has 0 bridgehead atoms. The van der Waals surface area contributed by atoms with Gasteiger partial charge in [0.1, 0.15) is 17.3 Å². The number of nitro groups is 1. The maximum absolute atomic E-state index is 12.2. The fourth-order valence-electron chi connectivity index (χ4n) is 2.21. The second-order valence-electron chi connectivity index (χ2n) is 5.30. The van der Waals surface area contributed by atoms with Crippen LogP contribution in [0.3, 0.4) is 0 Å². The molecule has 0 saturated carbocycles. The van der Waals surface area contributed by atoms with Gasteiger partial charge in [-0.1, -0.05) is 36.4 Å². The van der Waals surface area contributed by atoms with Gasteiger partial charge in [-0.25, -0.2) is 0 Å². The molecule has 0 fully saturated rings. The van der Waals surface area contributed by atoms with Gasteiger partial charge in [-0.3, -0.25) is 14.9 Å². The lowest BCUT2D eigenvalue weighted by molar-refractivity contribution is -0.383. The molecule has 0 saturated heterocycles. The molecule has 2 aromatic rings. The molecule has 0 radical (unpaired) electrons. The molecule has 26 heavy (non-hydrogen) atoms. The van der Waals surface area contributed by atoms with Crippen molar-refractivity contribution in [3.8, 4) is 6.07 Å². The second-order valence-corrected chi connectivity index (χ2v) is 5.30. The molecule has 0 aliphatic rings. The molecular formula is C18H17N5O3. The molecule has 0 aliphatic carbocycles. The highest BCUT2D eigenvalue weighted by Crippen LogP contribution is 2.23. The highest BCUT2D eigenvalue weighted by Gasteiger charge is 2.17. The minimum absolute atomic E-state index is 0.0271. The van der Waals surface area contributed by atoms with Gasteiger partial charge in [0.05, 0.1) is 4.92 Å². The zero-order valence-electron chi connectivity index (χ0n) is 13.8. The van der Waals surface area contributed by atoms with Gasteiger partial charge < -0.3 is 16.4 Å². The Morgan fingerprint density at radius 2 is 1.96 bits per heavy atom. The summed E-state index contributed by atoms with van der Waals surface area (Å²) in [5.74, 6) is -0.731. The van der Waals surface area contributed by atoms with E-state index in [-0.39, 0.29) is 16.9 Å². The van der Waals surface area contributed by atoms with E-state index in [9.17, 15) is 14.9 Å². The monoisotopic (exact) mass is 351 g/mol. The number of hydrogen-bond acceptors (Lipinski definition) is 6. The number of nitro benzene ring substituents is 1. The molecule has 0 unspecified atom stereocenters. The van der Waals surface area contributed by atoms with Gasteiger partial charge in [0.15, 0.2) is 0 Å². The third-order valence-corrected chi connectivity index (χ3v) is 3.49. The van der Waals surface area contributed by atoms with Crippen LogP contribution in [-0.2, 0) is 17.9 Å². The predicted octanol–water partition coefficient (Wildman–Crippen LogP) is 2.19. The summed E-state index contributed by atoms with van der Waals surface area (Å²) < 4.78 is 0. The van der Waals surface area contributed by atoms with Crippen molar-refractivity contribution in [1.29, 1.82) is 5.26 Å². The maximum atomic E-state index is 12.2. The molecule has 8 heteroatoms. The minimum atomic E-state index is -0.731. The van der Waals surface area contributed by atoms with Gasteiger partial charge >= 0.3 is 0 Å².